The lowest BCUT2D eigenvalue weighted by Crippen LogP contribution is -2.22. The van der Waals surface area contributed by atoms with Gasteiger partial charge in [0.05, 0.1) is 16.6 Å². The first-order chi connectivity index (χ1) is 12.1. The minimum atomic E-state index is -0.465. The topological polar surface area (TPSA) is 85.6 Å². The molecule has 1 N–H and O–H groups in total. The highest BCUT2D eigenvalue weighted by Gasteiger charge is 2.17. The summed E-state index contributed by atoms with van der Waals surface area (Å²) in [4.78, 5) is 33.3. The van der Waals surface area contributed by atoms with Crippen LogP contribution in [0.1, 0.15) is 5.69 Å². The molecule has 0 atom stereocenters. The molecule has 0 bridgehead atoms. The molecule has 0 aliphatic heterocycles. The molecule has 7 nitrogen and oxygen atoms in total. The van der Waals surface area contributed by atoms with Gasteiger partial charge >= 0.3 is 0 Å². The largest absolute Gasteiger partial charge is 0.287 e. The van der Waals surface area contributed by atoms with Crippen molar-refractivity contribution in [3.63, 3.8) is 0 Å². The molecule has 0 aliphatic rings. The van der Waals surface area contributed by atoms with E-state index in [2.05, 4.69) is 15.1 Å². The van der Waals surface area contributed by atoms with E-state index < -0.39 is 5.82 Å². The minimum Gasteiger partial charge on any atom is -0.287 e. The predicted octanol–water partition coefficient (Wildman–Crippen LogP) is 1.71. The van der Waals surface area contributed by atoms with E-state index in [4.69, 9.17) is 0 Å². The molecule has 124 valence electrons. The number of aromatic nitrogens is 5. The van der Waals surface area contributed by atoms with Crippen LogP contribution in [0.3, 0.4) is 0 Å². The zero-order chi connectivity index (χ0) is 17.6. The van der Waals surface area contributed by atoms with Gasteiger partial charge in [-0.2, -0.15) is 4.68 Å². The highest BCUT2D eigenvalue weighted by molar-refractivity contribution is 5.81. The Balaban J connectivity index is 2.05. The molecule has 4 rings (SSSR count). The van der Waals surface area contributed by atoms with Gasteiger partial charge in [0, 0.05) is 24.2 Å². The van der Waals surface area contributed by atoms with Gasteiger partial charge in [-0.3, -0.25) is 19.3 Å². The molecule has 8 heteroatoms. The van der Waals surface area contributed by atoms with Crippen molar-refractivity contribution in [2.75, 3.05) is 0 Å². The predicted molar refractivity (Wildman–Crippen MR) is 89.8 cm³/mol. The Morgan fingerprint density at radius 2 is 1.84 bits per heavy atom. The number of H-pyrrole nitrogens is 1. The SMILES string of the molecule is Cc1c2c(=O)n(-c3ncccn3)[nH]c2cc(=O)n1-c1cccc(F)c1. The Morgan fingerprint density at radius 1 is 1.08 bits per heavy atom. The Morgan fingerprint density at radius 3 is 2.56 bits per heavy atom. The van der Waals surface area contributed by atoms with Crippen LogP contribution in [-0.4, -0.2) is 24.3 Å². The van der Waals surface area contributed by atoms with Crippen LogP contribution in [0.5, 0.6) is 0 Å². The van der Waals surface area contributed by atoms with Gasteiger partial charge in [-0.1, -0.05) is 6.07 Å². The summed E-state index contributed by atoms with van der Waals surface area (Å²) in [7, 11) is 0. The Labute approximate surface area is 140 Å². The van der Waals surface area contributed by atoms with E-state index in [0.717, 1.165) is 0 Å². The lowest BCUT2D eigenvalue weighted by Gasteiger charge is -2.10. The molecule has 3 heterocycles. The minimum absolute atomic E-state index is 0.174. The second-order valence-corrected chi connectivity index (χ2v) is 5.47. The van der Waals surface area contributed by atoms with Gasteiger partial charge in [0.1, 0.15) is 5.82 Å². The van der Waals surface area contributed by atoms with Crippen molar-refractivity contribution in [2.24, 2.45) is 0 Å². The van der Waals surface area contributed by atoms with E-state index in [1.54, 1.807) is 19.1 Å². The van der Waals surface area contributed by atoms with E-state index in [1.807, 2.05) is 0 Å². The quantitative estimate of drug-likeness (QED) is 0.603. The van der Waals surface area contributed by atoms with Crippen molar-refractivity contribution >= 4 is 10.9 Å². The lowest BCUT2D eigenvalue weighted by atomic mass is 10.2. The molecule has 3 aromatic heterocycles. The summed E-state index contributed by atoms with van der Waals surface area (Å²) < 4.78 is 16.0. The summed E-state index contributed by atoms with van der Waals surface area (Å²) in [6.07, 6.45) is 3.03. The van der Waals surface area contributed by atoms with Crippen molar-refractivity contribution in [2.45, 2.75) is 6.92 Å². The molecule has 0 aliphatic carbocycles. The van der Waals surface area contributed by atoms with Gasteiger partial charge in [-0.25, -0.2) is 14.4 Å². The number of aromatic amines is 1. The maximum atomic E-state index is 13.5. The molecule has 0 saturated carbocycles. The van der Waals surface area contributed by atoms with Crippen LogP contribution in [0.4, 0.5) is 4.39 Å². The number of pyridine rings is 1. The Hall–Kier alpha value is -3.55. The third-order valence-electron chi connectivity index (χ3n) is 3.92. The van der Waals surface area contributed by atoms with Gasteiger partial charge in [0.15, 0.2) is 0 Å². The first kappa shape index (κ1) is 15.0. The zero-order valence-corrected chi connectivity index (χ0v) is 13.1. The normalized spacial score (nSPS) is 11.1. The number of rotatable bonds is 2. The zero-order valence-electron chi connectivity index (χ0n) is 13.1. The lowest BCUT2D eigenvalue weighted by molar-refractivity contribution is 0.626. The summed E-state index contributed by atoms with van der Waals surface area (Å²) in [6, 6.07) is 8.58. The van der Waals surface area contributed by atoms with Crippen LogP contribution in [0, 0.1) is 12.7 Å². The van der Waals surface area contributed by atoms with E-state index in [1.165, 1.54) is 45.9 Å². The van der Waals surface area contributed by atoms with Gasteiger partial charge in [-0.05, 0) is 31.2 Å². The van der Waals surface area contributed by atoms with Crippen molar-refractivity contribution in [3.8, 4) is 11.6 Å². The van der Waals surface area contributed by atoms with E-state index in [-0.39, 0.29) is 17.1 Å². The highest BCUT2D eigenvalue weighted by atomic mass is 19.1. The average Bonchev–Trinajstić information content (AvgIpc) is 2.92. The number of hydrogen-bond acceptors (Lipinski definition) is 4. The summed E-state index contributed by atoms with van der Waals surface area (Å²) in [5.74, 6) is -0.291. The fourth-order valence-electron chi connectivity index (χ4n) is 2.86. The van der Waals surface area contributed by atoms with Gasteiger partial charge in [0.2, 0.25) is 0 Å². The third-order valence-corrected chi connectivity index (χ3v) is 3.92. The highest BCUT2D eigenvalue weighted by Crippen LogP contribution is 2.16. The first-order valence-corrected chi connectivity index (χ1v) is 7.47. The molecule has 25 heavy (non-hydrogen) atoms. The van der Waals surface area contributed by atoms with Crippen LogP contribution in [0.25, 0.3) is 22.5 Å². The number of halogens is 1. The number of nitrogens with one attached hydrogen (secondary N) is 1. The van der Waals surface area contributed by atoms with Crippen LogP contribution in [0.2, 0.25) is 0 Å². The average molecular weight is 337 g/mol. The molecular formula is C17H12FN5O2. The molecular weight excluding hydrogens is 325 g/mol. The van der Waals surface area contributed by atoms with Crippen LogP contribution in [0.15, 0.2) is 58.4 Å². The summed E-state index contributed by atoms with van der Waals surface area (Å²) in [6.45, 7) is 1.64. The van der Waals surface area contributed by atoms with E-state index in [0.29, 0.717) is 22.3 Å². The standard InChI is InChI=1S/C17H12FN5O2/c1-10-15-13(21-23(16(15)25)17-19-6-3-7-20-17)9-14(24)22(10)12-5-2-4-11(18)8-12/h2-9,21H,1H3. The molecule has 0 fully saturated rings. The fourth-order valence-corrected chi connectivity index (χ4v) is 2.86. The van der Waals surface area contributed by atoms with Crippen LogP contribution in [-0.2, 0) is 0 Å². The Kier molecular flexibility index (Phi) is 3.31. The number of benzene rings is 1. The summed E-state index contributed by atoms with van der Waals surface area (Å²) in [5.41, 5.74) is 0.367. The first-order valence-electron chi connectivity index (χ1n) is 7.47. The van der Waals surface area contributed by atoms with Crippen molar-refractivity contribution in [1.82, 2.24) is 24.3 Å². The maximum absolute atomic E-state index is 13.5. The molecule has 1 aromatic carbocycles. The molecule has 4 aromatic rings. The smallest absolute Gasteiger partial charge is 0.283 e. The fraction of sp³-hybridized carbons (Fsp3) is 0.0588. The number of aryl methyl sites for hydroxylation is 1. The van der Waals surface area contributed by atoms with Crippen molar-refractivity contribution in [1.29, 1.82) is 0 Å². The van der Waals surface area contributed by atoms with Crippen molar-refractivity contribution in [3.05, 3.63) is 81.0 Å². The van der Waals surface area contributed by atoms with Crippen molar-refractivity contribution < 1.29 is 4.39 Å². The van der Waals surface area contributed by atoms with Gasteiger partial charge in [-0.15, -0.1) is 0 Å². The molecule has 0 saturated heterocycles. The maximum Gasteiger partial charge on any atom is 0.283 e. The van der Waals surface area contributed by atoms with Crippen LogP contribution >= 0.6 is 0 Å². The van der Waals surface area contributed by atoms with Gasteiger partial charge < -0.3 is 0 Å². The number of hydrogen-bond donors (Lipinski definition) is 1. The number of fused-ring (bicyclic) bond motifs is 1. The molecule has 0 unspecified atom stereocenters. The number of nitrogens with zero attached hydrogens (tertiary/aromatic N) is 4. The van der Waals surface area contributed by atoms with E-state index in [9.17, 15) is 14.0 Å². The summed E-state index contributed by atoms with van der Waals surface area (Å²) >= 11 is 0. The summed E-state index contributed by atoms with van der Waals surface area (Å²) in [5, 5.41) is 3.16. The van der Waals surface area contributed by atoms with Gasteiger partial charge in [0.25, 0.3) is 17.1 Å². The molecule has 0 radical (unpaired) electrons. The third kappa shape index (κ3) is 2.35. The Bertz CT molecular complexity index is 1210. The molecule has 0 spiro atoms. The second-order valence-electron chi connectivity index (χ2n) is 5.47. The van der Waals surface area contributed by atoms with Crippen LogP contribution < -0.4 is 11.1 Å². The monoisotopic (exact) mass is 337 g/mol. The second kappa shape index (κ2) is 5.52. The molecule has 0 amide bonds. The van der Waals surface area contributed by atoms with E-state index >= 15 is 0 Å².